The maximum Gasteiger partial charge on any atom is 0.229 e. The normalized spacial score (nSPS) is 11.7. The van der Waals surface area contributed by atoms with E-state index in [0.717, 1.165) is 39.1 Å². The Bertz CT molecular complexity index is 1150. The molecule has 0 aliphatic rings. The molecule has 0 spiro atoms. The highest BCUT2D eigenvalue weighted by Gasteiger charge is 2.04. The molecular weight excluding hydrogens is 356 g/mol. The number of nitrogen functional groups attached to an aromatic ring is 1. The molecule has 3 aromatic carbocycles. The molecule has 0 aliphatic heterocycles. The first kappa shape index (κ1) is 17.0. The van der Waals surface area contributed by atoms with Crippen molar-refractivity contribution in [3.8, 4) is 0 Å². The first-order valence-corrected chi connectivity index (χ1v) is 9.19. The molecule has 4 rings (SSSR count). The molecule has 6 nitrogen and oxygen atoms in total. The van der Waals surface area contributed by atoms with Crippen LogP contribution in [0.15, 0.2) is 86.6 Å². The van der Waals surface area contributed by atoms with Gasteiger partial charge in [-0.1, -0.05) is 24.3 Å². The highest BCUT2D eigenvalue weighted by Crippen LogP contribution is 2.32. The zero-order valence-corrected chi connectivity index (χ0v) is 15.4. The van der Waals surface area contributed by atoms with Gasteiger partial charge >= 0.3 is 0 Å². The Morgan fingerprint density at radius 1 is 0.852 bits per heavy atom. The van der Waals surface area contributed by atoms with Crippen molar-refractivity contribution in [2.75, 3.05) is 5.73 Å². The summed E-state index contributed by atoms with van der Waals surface area (Å²) in [6.07, 6.45) is 1.70. The number of nitrogens with two attached hydrogens (primary N) is 1. The zero-order valence-electron chi connectivity index (χ0n) is 14.6. The fourth-order valence-electron chi connectivity index (χ4n) is 2.68. The predicted molar refractivity (Wildman–Crippen MR) is 110 cm³/mol. The van der Waals surface area contributed by atoms with E-state index in [9.17, 15) is 0 Å². The Balaban J connectivity index is 1.60. The van der Waals surface area contributed by atoms with E-state index in [0.29, 0.717) is 5.13 Å². The summed E-state index contributed by atoms with van der Waals surface area (Å²) in [6, 6.07) is 17.3. The molecule has 27 heavy (non-hydrogen) atoms. The quantitative estimate of drug-likeness (QED) is 0.308. The fraction of sp³-hybridized carbons (Fsp3) is 0.0500. The molecule has 4 aromatic rings. The molecule has 2 N–H and O–H groups in total. The number of benzene rings is 3. The van der Waals surface area contributed by atoms with E-state index in [-0.39, 0.29) is 0 Å². The minimum absolute atomic E-state index is 0.633. The molecule has 0 saturated carbocycles. The molecule has 1 heterocycles. The average molecular weight is 372 g/mol. The van der Waals surface area contributed by atoms with Crippen LogP contribution in [0.5, 0.6) is 0 Å². The number of hydrogen-bond donors (Lipinski definition) is 1. The van der Waals surface area contributed by atoms with Gasteiger partial charge in [-0.3, -0.25) is 0 Å². The second kappa shape index (κ2) is 7.43. The number of nitrogens with zero attached hydrogens (tertiary/aromatic N) is 5. The van der Waals surface area contributed by atoms with Gasteiger partial charge in [0.2, 0.25) is 5.13 Å². The summed E-state index contributed by atoms with van der Waals surface area (Å²) in [4.78, 5) is 4.09. The molecule has 0 aliphatic carbocycles. The van der Waals surface area contributed by atoms with Crippen LogP contribution in [-0.2, 0) is 0 Å². The molecule has 7 heteroatoms. The van der Waals surface area contributed by atoms with E-state index in [4.69, 9.17) is 5.73 Å². The summed E-state index contributed by atoms with van der Waals surface area (Å²) < 4.78 is 0. The first-order chi connectivity index (χ1) is 13.2. The highest BCUT2D eigenvalue weighted by atomic mass is 32.1. The number of aromatic nitrogens is 1. The van der Waals surface area contributed by atoms with Crippen LogP contribution in [0.3, 0.4) is 0 Å². The Hall–Kier alpha value is -3.45. The van der Waals surface area contributed by atoms with E-state index in [1.807, 2.05) is 66.9 Å². The number of aryl methyl sites for hydroxylation is 1. The Labute approximate surface area is 160 Å². The van der Waals surface area contributed by atoms with Gasteiger partial charge in [0.1, 0.15) is 0 Å². The van der Waals surface area contributed by atoms with Crippen LogP contribution >= 0.6 is 11.3 Å². The minimum Gasteiger partial charge on any atom is -0.398 e. The second-order valence-corrected chi connectivity index (χ2v) is 6.78. The van der Waals surface area contributed by atoms with Crippen LogP contribution in [0.1, 0.15) is 5.56 Å². The second-order valence-electron chi connectivity index (χ2n) is 5.90. The summed E-state index contributed by atoms with van der Waals surface area (Å²) in [5.41, 5.74) is 10.0. The van der Waals surface area contributed by atoms with Gasteiger partial charge in [-0.2, -0.15) is 5.11 Å². The van der Waals surface area contributed by atoms with Crippen molar-refractivity contribution >= 4 is 50.0 Å². The van der Waals surface area contributed by atoms with Crippen molar-refractivity contribution in [3.05, 3.63) is 71.7 Å². The van der Waals surface area contributed by atoms with Crippen LogP contribution < -0.4 is 5.73 Å². The van der Waals surface area contributed by atoms with Gasteiger partial charge in [-0.25, -0.2) is 4.98 Å². The summed E-state index contributed by atoms with van der Waals surface area (Å²) in [5, 5.41) is 21.6. The molecule has 0 atom stereocenters. The van der Waals surface area contributed by atoms with Gasteiger partial charge < -0.3 is 5.73 Å². The number of fused-ring (bicyclic) bond motifs is 1. The van der Waals surface area contributed by atoms with Gasteiger partial charge in [0.15, 0.2) is 0 Å². The standard InChI is InChI=1S/C20H16N6S/c1-13-12-14(6-8-18(13)24-26-20-22-10-11-27-20)23-25-19-9-7-17(21)15-4-2-3-5-16(15)19/h2-12H,21H2,1H3/b25-23+,26-24+. The van der Waals surface area contributed by atoms with E-state index in [1.165, 1.54) is 11.3 Å². The monoisotopic (exact) mass is 372 g/mol. The SMILES string of the molecule is Cc1cc(/N=N/c2ccc(N)c3ccccc23)ccc1/N=N/c1nccs1. The third-order valence-electron chi connectivity index (χ3n) is 4.05. The smallest absolute Gasteiger partial charge is 0.229 e. The summed E-state index contributed by atoms with van der Waals surface area (Å²) >= 11 is 1.44. The lowest BCUT2D eigenvalue weighted by molar-refractivity contribution is 1.17. The van der Waals surface area contributed by atoms with Gasteiger partial charge in [-0.15, -0.1) is 26.7 Å². The number of hydrogen-bond acceptors (Lipinski definition) is 7. The van der Waals surface area contributed by atoms with E-state index < -0.39 is 0 Å². The van der Waals surface area contributed by atoms with E-state index in [2.05, 4.69) is 25.4 Å². The van der Waals surface area contributed by atoms with E-state index >= 15 is 0 Å². The fourth-order valence-corrected chi connectivity index (χ4v) is 3.13. The maximum absolute atomic E-state index is 6.04. The number of thiazole rings is 1. The van der Waals surface area contributed by atoms with Gasteiger partial charge in [0.25, 0.3) is 0 Å². The number of anilines is 1. The van der Waals surface area contributed by atoms with Gasteiger partial charge in [0.05, 0.1) is 17.1 Å². The molecule has 0 radical (unpaired) electrons. The Morgan fingerprint density at radius 3 is 2.41 bits per heavy atom. The summed E-state index contributed by atoms with van der Waals surface area (Å²) in [5.74, 6) is 0. The minimum atomic E-state index is 0.633. The van der Waals surface area contributed by atoms with Crippen LogP contribution in [0.25, 0.3) is 10.8 Å². The van der Waals surface area contributed by atoms with Gasteiger partial charge in [0, 0.05) is 28.0 Å². The maximum atomic E-state index is 6.04. The highest BCUT2D eigenvalue weighted by molar-refractivity contribution is 7.13. The average Bonchev–Trinajstić information content (AvgIpc) is 3.21. The lowest BCUT2D eigenvalue weighted by Gasteiger charge is -2.04. The van der Waals surface area contributed by atoms with Gasteiger partial charge in [-0.05, 0) is 42.8 Å². The molecule has 0 amide bonds. The lowest BCUT2D eigenvalue weighted by Crippen LogP contribution is -1.86. The largest absolute Gasteiger partial charge is 0.398 e. The predicted octanol–water partition coefficient (Wildman–Crippen LogP) is 7.02. The van der Waals surface area contributed by atoms with Crippen LogP contribution in [-0.4, -0.2) is 4.98 Å². The molecule has 0 fully saturated rings. The van der Waals surface area contributed by atoms with Crippen molar-refractivity contribution in [2.45, 2.75) is 6.92 Å². The van der Waals surface area contributed by atoms with E-state index in [1.54, 1.807) is 6.20 Å². The molecule has 0 saturated heterocycles. The number of rotatable bonds is 4. The lowest BCUT2D eigenvalue weighted by atomic mass is 10.1. The molecule has 0 unspecified atom stereocenters. The van der Waals surface area contributed by atoms with Crippen molar-refractivity contribution in [1.82, 2.24) is 4.98 Å². The molecule has 0 bridgehead atoms. The zero-order chi connectivity index (χ0) is 18.6. The Kier molecular flexibility index (Phi) is 4.67. The summed E-state index contributed by atoms with van der Waals surface area (Å²) in [6.45, 7) is 1.97. The van der Waals surface area contributed by atoms with Crippen molar-refractivity contribution in [1.29, 1.82) is 0 Å². The van der Waals surface area contributed by atoms with Crippen molar-refractivity contribution in [3.63, 3.8) is 0 Å². The molecular formula is C20H16N6S. The van der Waals surface area contributed by atoms with Crippen molar-refractivity contribution in [2.24, 2.45) is 20.5 Å². The van der Waals surface area contributed by atoms with Crippen LogP contribution in [0, 0.1) is 6.92 Å². The first-order valence-electron chi connectivity index (χ1n) is 8.31. The summed E-state index contributed by atoms with van der Waals surface area (Å²) in [7, 11) is 0. The van der Waals surface area contributed by atoms with Crippen molar-refractivity contribution < 1.29 is 0 Å². The van der Waals surface area contributed by atoms with Crippen LogP contribution in [0.4, 0.5) is 27.9 Å². The Morgan fingerprint density at radius 2 is 1.63 bits per heavy atom. The molecule has 1 aromatic heterocycles. The van der Waals surface area contributed by atoms with Crippen LogP contribution in [0.2, 0.25) is 0 Å². The molecule has 132 valence electrons. The third kappa shape index (κ3) is 3.73. The third-order valence-corrected chi connectivity index (χ3v) is 4.71. The topological polar surface area (TPSA) is 88.3 Å². The number of azo groups is 2.